The summed E-state index contributed by atoms with van der Waals surface area (Å²) in [5.74, 6) is -3.67. The Labute approximate surface area is 97.7 Å². The number of rotatable bonds is 3. The molecule has 2 aromatic rings. The second kappa shape index (κ2) is 5.04. The van der Waals surface area contributed by atoms with Crippen LogP contribution in [0.25, 0.3) is 0 Å². The molecule has 0 aromatic heterocycles. The van der Waals surface area contributed by atoms with Crippen LogP contribution in [0, 0.1) is 17.5 Å². The van der Waals surface area contributed by atoms with Gasteiger partial charge in [0.2, 0.25) is 0 Å². The fourth-order valence-corrected chi connectivity index (χ4v) is 1.69. The molecule has 0 heterocycles. The minimum atomic E-state index is -1.41. The Kier molecular flexibility index (Phi) is 3.47. The van der Waals surface area contributed by atoms with Crippen molar-refractivity contribution in [3.8, 4) is 0 Å². The summed E-state index contributed by atoms with van der Waals surface area (Å²) in [6.07, 6.45) is 1.16. The third-order valence-electron chi connectivity index (χ3n) is 2.59. The van der Waals surface area contributed by atoms with Crippen molar-refractivity contribution in [1.29, 1.82) is 0 Å². The molecule has 0 bridgehead atoms. The topological polar surface area (TPSA) is 0 Å². The Morgan fingerprint density at radius 3 is 1.82 bits per heavy atom. The van der Waals surface area contributed by atoms with E-state index in [9.17, 15) is 13.2 Å². The molecule has 0 aliphatic heterocycles. The summed E-state index contributed by atoms with van der Waals surface area (Å²) >= 11 is 0. The highest BCUT2D eigenvalue weighted by Gasteiger charge is 2.10. The summed E-state index contributed by atoms with van der Waals surface area (Å²) in [7, 11) is 0. The van der Waals surface area contributed by atoms with E-state index >= 15 is 0 Å². The second-order valence-corrected chi connectivity index (χ2v) is 3.86. The molecular formula is C14H11F3. The number of halogens is 3. The standard InChI is InChI=1S/C14H11F3/c15-12-8-11(9-13(16)14(12)17)7-6-10-4-2-1-3-5-10/h1-5,8-9H,6-7H2. The summed E-state index contributed by atoms with van der Waals surface area (Å²) in [6, 6.07) is 11.7. The molecule has 0 saturated heterocycles. The van der Waals surface area contributed by atoms with E-state index in [2.05, 4.69) is 0 Å². The van der Waals surface area contributed by atoms with Crippen molar-refractivity contribution in [2.75, 3.05) is 0 Å². The highest BCUT2D eigenvalue weighted by atomic mass is 19.2. The molecule has 0 fully saturated rings. The van der Waals surface area contributed by atoms with E-state index in [1.54, 1.807) is 0 Å². The maximum atomic E-state index is 13.0. The summed E-state index contributed by atoms with van der Waals surface area (Å²) in [4.78, 5) is 0. The molecule has 0 saturated carbocycles. The van der Waals surface area contributed by atoms with E-state index in [1.165, 1.54) is 0 Å². The Balaban J connectivity index is 2.10. The van der Waals surface area contributed by atoms with Crippen molar-refractivity contribution in [3.05, 3.63) is 71.0 Å². The number of hydrogen-bond donors (Lipinski definition) is 0. The lowest BCUT2D eigenvalue weighted by Gasteiger charge is -2.03. The zero-order valence-electron chi connectivity index (χ0n) is 9.09. The number of aryl methyl sites for hydroxylation is 2. The van der Waals surface area contributed by atoms with Gasteiger partial charge in [0.1, 0.15) is 0 Å². The Morgan fingerprint density at radius 2 is 1.24 bits per heavy atom. The van der Waals surface area contributed by atoms with E-state index in [-0.39, 0.29) is 0 Å². The van der Waals surface area contributed by atoms with Gasteiger partial charge in [0.25, 0.3) is 0 Å². The third-order valence-corrected chi connectivity index (χ3v) is 2.59. The van der Waals surface area contributed by atoms with Crippen molar-refractivity contribution in [3.63, 3.8) is 0 Å². The minimum absolute atomic E-state index is 0.463. The molecule has 17 heavy (non-hydrogen) atoms. The summed E-state index contributed by atoms with van der Waals surface area (Å²) in [5.41, 5.74) is 1.54. The maximum Gasteiger partial charge on any atom is 0.194 e. The molecule has 88 valence electrons. The summed E-state index contributed by atoms with van der Waals surface area (Å²) < 4.78 is 38.6. The minimum Gasteiger partial charge on any atom is -0.204 e. The van der Waals surface area contributed by atoms with Crippen LogP contribution in [0.3, 0.4) is 0 Å². The first-order valence-corrected chi connectivity index (χ1v) is 5.34. The molecule has 0 nitrogen and oxygen atoms in total. The molecule has 0 unspecified atom stereocenters. The van der Waals surface area contributed by atoms with Crippen molar-refractivity contribution >= 4 is 0 Å². The quantitative estimate of drug-likeness (QED) is 0.709. The first kappa shape index (κ1) is 11.7. The SMILES string of the molecule is Fc1cc(CCc2ccccc2)cc(F)c1F. The van der Waals surface area contributed by atoms with E-state index in [0.717, 1.165) is 17.7 Å². The van der Waals surface area contributed by atoms with Gasteiger partial charge in [-0.15, -0.1) is 0 Å². The molecule has 0 aliphatic rings. The highest BCUT2D eigenvalue weighted by molar-refractivity contribution is 5.22. The lowest BCUT2D eigenvalue weighted by atomic mass is 10.0. The zero-order valence-corrected chi connectivity index (χ0v) is 9.09. The van der Waals surface area contributed by atoms with Gasteiger partial charge in [0.15, 0.2) is 17.5 Å². The number of hydrogen-bond acceptors (Lipinski definition) is 0. The van der Waals surface area contributed by atoms with Crippen LogP contribution in [0.2, 0.25) is 0 Å². The molecule has 0 N–H and O–H groups in total. The first-order valence-electron chi connectivity index (χ1n) is 5.34. The van der Waals surface area contributed by atoms with E-state index in [0.29, 0.717) is 18.4 Å². The van der Waals surface area contributed by atoms with Gasteiger partial charge in [-0.1, -0.05) is 30.3 Å². The molecule has 0 radical (unpaired) electrons. The van der Waals surface area contributed by atoms with Crippen LogP contribution in [0.15, 0.2) is 42.5 Å². The molecule has 0 spiro atoms. The van der Waals surface area contributed by atoms with Gasteiger partial charge in [0.05, 0.1) is 0 Å². The van der Waals surface area contributed by atoms with Crippen molar-refractivity contribution < 1.29 is 13.2 Å². The predicted octanol–water partition coefficient (Wildman–Crippen LogP) is 3.89. The Hall–Kier alpha value is -1.77. The van der Waals surface area contributed by atoms with Crippen LogP contribution < -0.4 is 0 Å². The third kappa shape index (κ3) is 2.87. The fraction of sp³-hybridized carbons (Fsp3) is 0.143. The fourth-order valence-electron chi connectivity index (χ4n) is 1.69. The average Bonchev–Trinajstić information content (AvgIpc) is 2.34. The van der Waals surface area contributed by atoms with Crippen LogP contribution in [-0.2, 0) is 12.8 Å². The average molecular weight is 236 g/mol. The Morgan fingerprint density at radius 1 is 0.706 bits per heavy atom. The van der Waals surface area contributed by atoms with Gasteiger partial charge < -0.3 is 0 Å². The van der Waals surface area contributed by atoms with Crippen molar-refractivity contribution in [2.24, 2.45) is 0 Å². The van der Waals surface area contributed by atoms with Gasteiger partial charge >= 0.3 is 0 Å². The van der Waals surface area contributed by atoms with Crippen molar-refractivity contribution in [2.45, 2.75) is 12.8 Å². The molecule has 0 amide bonds. The van der Waals surface area contributed by atoms with E-state index in [4.69, 9.17) is 0 Å². The predicted molar refractivity (Wildman–Crippen MR) is 60.2 cm³/mol. The molecule has 0 aliphatic carbocycles. The van der Waals surface area contributed by atoms with Gasteiger partial charge in [-0.3, -0.25) is 0 Å². The lowest BCUT2D eigenvalue weighted by Crippen LogP contribution is -1.97. The molecule has 2 aromatic carbocycles. The van der Waals surface area contributed by atoms with E-state index < -0.39 is 17.5 Å². The smallest absolute Gasteiger partial charge is 0.194 e. The molecule has 0 atom stereocenters. The monoisotopic (exact) mass is 236 g/mol. The van der Waals surface area contributed by atoms with Crippen LogP contribution in [-0.4, -0.2) is 0 Å². The van der Waals surface area contributed by atoms with Crippen molar-refractivity contribution in [1.82, 2.24) is 0 Å². The van der Waals surface area contributed by atoms with Crippen LogP contribution >= 0.6 is 0 Å². The van der Waals surface area contributed by atoms with Crippen LogP contribution in [0.4, 0.5) is 13.2 Å². The summed E-state index contributed by atoms with van der Waals surface area (Å²) in [6.45, 7) is 0. The summed E-state index contributed by atoms with van der Waals surface area (Å²) in [5, 5.41) is 0. The Bertz CT molecular complexity index is 483. The van der Waals surface area contributed by atoms with Gasteiger partial charge in [-0.25, -0.2) is 13.2 Å². The maximum absolute atomic E-state index is 13.0. The molecule has 2 rings (SSSR count). The number of benzene rings is 2. The van der Waals surface area contributed by atoms with Crippen LogP contribution in [0.1, 0.15) is 11.1 Å². The normalized spacial score (nSPS) is 10.5. The lowest BCUT2D eigenvalue weighted by molar-refractivity contribution is 0.445. The van der Waals surface area contributed by atoms with Gasteiger partial charge in [-0.05, 0) is 36.1 Å². The van der Waals surface area contributed by atoms with Crippen LogP contribution in [0.5, 0.6) is 0 Å². The zero-order chi connectivity index (χ0) is 12.3. The van der Waals surface area contributed by atoms with Gasteiger partial charge in [0, 0.05) is 0 Å². The first-order chi connectivity index (χ1) is 8.16. The highest BCUT2D eigenvalue weighted by Crippen LogP contribution is 2.15. The second-order valence-electron chi connectivity index (χ2n) is 3.86. The molecule has 3 heteroatoms. The largest absolute Gasteiger partial charge is 0.204 e. The van der Waals surface area contributed by atoms with Gasteiger partial charge in [-0.2, -0.15) is 0 Å². The molecular weight excluding hydrogens is 225 g/mol. The van der Waals surface area contributed by atoms with E-state index in [1.807, 2.05) is 30.3 Å².